The van der Waals surface area contributed by atoms with Gasteiger partial charge >= 0.3 is 5.69 Å². The number of benzene rings is 2. The highest BCUT2D eigenvalue weighted by atomic mass is 35.5. The first-order chi connectivity index (χ1) is 21.5. The van der Waals surface area contributed by atoms with Crippen molar-refractivity contribution in [3.05, 3.63) is 82.0 Å². The number of nitrogens with zero attached hydrogens (tertiary/aromatic N) is 2. The van der Waals surface area contributed by atoms with Crippen LogP contribution in [0.2, 0.25) is 0 Å². The molecule has 0 bridgehead atoms. The van der Waals surface area contributed by atoms with Gasteiger partial charge in [0.2, 0.25) is 11.8 Å². The van der Waals surface area contributed by atoms with E-state index in [1.165, 1.54) is 4.90 Å². The number of anilines is 1. The molecule has 2 aromatic heterocycles. The molecule has 46 heavy (non-hydrogen) atoms. The zero-order valence-electron chi connectivity index (χ0n) is 26.3. The molecule has 0 unspecified atom stereocenters. The Kier molecular flexibility index (Phi) is 11.0. The first kappa shape index (κ1) is 34.4. The molecule has 1 fully saturated rings. The van der Waals surface area contributed by atoms with Gasteiger partial charge in [-0.3, -0.25) is 19.3 Å². The van der Waals surface area contributed by atoms with E-state index in [-0.39, 0.29) is 48.3 Å². The van der Waals surface area contributed by atoms with Crippen molar-refractivity contribution >= 4 is 46.8 Å². The summed E-state index contributed by atoms with van der Waals surface area (Å²) < 4.78 is 0. The Morgan fingerprint density at radius 2 is 1.65 bits per heavy atom. The number of pyridine rings is 1. The van der Waals surface area contributed by atoms with E-state index in [0.717, 1.165) is 29.5 Å². The second-order valence-electron chi connectivity index (χ2n) is 12.2. The Labute approximate surface area is 273 Å². The van der Waals surface area contributed by atoms with Crippen molar-refractivity contribution in [3.63, 3.8) is 0 Å². The molecule has 4 aromatic rings. The fraction of sp³-hybridized carbons (Fsp3) is 0.382. The van der Waals surface area contributed by atoms with Crippen LogP contribution in [0, 0.1) is 18.8 Å². The van der Waals surface area contributed by atoms with E-state index in [2.05, 4.69) is 20.3 Å². The van der Waals surface area contributed by atoms with Crippen LogP contribution in [0.1, 0.15) is 61.3 Å². The number of H-pyrrole nitrogens is 2. The van der Waals surface area contributed by atoms with Crippen molar-refractivity contribution in [2.75, 3.05) is 11.4 Å². The first-order valence-electron chi connectivity index (χ1n) is 15.5. The lowest BCUT2D eigenvalue weighted by molar-refractivity contribution is -0.127. The molecule has 12 heteroatoms. The molecule has 11 nitrogen and oxygen atoms in total. The van der Waals surface area contributed by atoms with Crippen LogP contribution in [0.5, 0.6) is 0 Å². The number of primary amides is 1. The number of hydrogen-bond acceptors (Lipinski definition) is 6. The minimum absolute atomic E-state index is 0. The number of rotatable bonds is 10. The first-order valence-corrected chi connectivity index (χ1v) is 15.5. The number of amides is 3. The van der Waals surface area contributed by atoms with Crippen LogP contribution in [0.4, 0.5) is 5.69 Å². The molecule has 0 radical (unpaired) electrons. The minimum Gasteiger partial charge on any atom is -0.368 e. The quantitative estimate of drug-likeness (QED) is 0.174. The highest BCUT2D eigenvalue weighted by molar-refractivity contribution is 6.02. The highest BCUT2D eigenvalue weighted by Crippen LogP contribution is 2.33. The van der Waals surface area contributed by atoms with Crippen LogP contribution >= 0.6 is 12.4 Å². The normalized spacial score (nSPS) is 16.9. The second kappa shape index (κ2) is 14.7. The summed E-state index contributed by atoms with van der Waals surface area (Å²) in [5.41, 5.74) is 16.8. The molecular weight excluding hydrogens is 606 g/mol. The molecule has 3 amide bonds. The SMILES string of the molecule is Cc1nc(C(=O)NC(C)C)ccc1-c1ccc(C[C@@H](C(N)=O)N(C(=O)C2CCC(CN)CC2)c2ccc3[nH]c(=O)[nH]c3c2)cc1.Cl. The summed E-state index contributed by atoms with van der Waals surface area (Å²) in [7, 11) is 0. The predicted octanol–water partition coefficient (Wildman–Crippen LogP) is 3.98. The molecule has 0 saturated heterocycles. The molecule has 0 aliphatic heterocycles. The average Bonchev–Trinajstić information content (AvgIpc) is 3.40. The Morgan fingerprint density at radius 3 is 2.26 bits per heavy atom. The number of fused-ring (bicyclic) bond motifs is 1. The number of carbonyl (C=O) groups is 3. The van der Waals surface area contributed by atoms with E-state index in [1.807, 2.05) is 51.1 Å². The zero-order chi connectivity index (χ0) is 32.2. The van der Waals surface area contributed by atoms with Gasteiger partial charge in [0.25, 0.3) is 5.91 Å². The van der Waals surface area contributed by atoms with Crippen LogP contribution in [0.3, 0.4) is 0 Å². The van der Waals surface area contributed by atoms with Gasteiger partial charge in [-0.25, -0.2) is 9.78 Å². The van der Waals surface area contributed by atoms with Gasteiger partial charge in [0.15, 0.2) is 0 Å². The summed E-state index contributed by atoms with van der Waals surface area (Å²) in [4.78, 5) is 63.0. The largest absolute Gasteiger partial charge is 0.368 e. The monoisotopic (exact) mass is 647 g/mol. The number of aryl methyl sites for hydroxylation is 1. The Hall–Kier alpha value is -4.48. The molecule has 2 heterocycles. The molecule has 5 rings (SSSR count). The van der Waals surface area contributed by atoms with Gasteiger partial charge in [-0.2, -0.15) is 0 Å². The predicted molar refractivity (Wildman–Crippen MR) is 182 cm³/mol. The van der Waals surface area contributed by atoms with Gasteiger partial charge in [-0.1, -0.05) is 30.3 Å². The van der Waals surface area contributed by atoms with Crippen molar-refractivity contribution in [1.82, 2.24) is 20.3 Å². The van der Waals surface area contributed by atoms with Crippen molar-refractivity contribution in [2.24, 2.45) is 23.3 Å². The third-order valence-corrected chi connectivity index (χ3v) is 8.62. The molecular formula is C34H42ClN7O4. The maximum Gasteiger partial charge on any atom is 0.323 e. The van der Waals surface area contributed by atoms with E-state index < -0.39 is 11.9 Å². The fourth-order valence-corrected chi connectivity index (χ4v) is 6.16. The third-order valence-electron chi connectivity index (χ3n) is 8.62. The number of hydrogen-bond donors (Lipinski definition) is 5. The summed E-state index contributed by atoms with van der Waals surface area (Å²) in [5, 5.41) is 2.85. The van der Waals surface area contributed by atoms with Gasteiger partial charge in [-0.15, -0.1) is 12.4 Å². The maximum atomic E-state index is 14.2. The Morgan fingerprint density at radius 1 is 0.978 bits per heavy atom. The van der Waals surface area contributed by atoms with E-state index in [4.69, 9.17) is 11.5 Å². The van der Waals surface area contributed by atoms with Gasteiger partial charge in [0, 0.05) is 35.3 Å². The molecule has 1 atom stereocenters. The van der Waals surface area contributed by atoms with Gasteiger partial charge in [0.05, 0.1) is 11.0 Å². The van der Waals surface area contributed by atoms with Crippen molar-refractivity contribution < 1.29 is 14.4 Å². The van der Waals surface area contributed by atoms with E-state index in [1.54, 1.807) is 24.3 Å². The zero-order valence-corrected chi connectivity index (χ0v) is 27.2. The Bertz CT molecular complexity index is 1760. The van der Waals surface area contributed by atoms with Crippen LogP contribution in [-0.2, 0) is 16.0 Å². The second-order valence-corrected chi connectivity index (χ2v) is 12.2. The number of aromatic nitrogens is 3. The molecule has 0 spiro atoms. The number of aromatic amines is 2. The fourth-order valence-electron chi connectivity index (χ4n) is 6.16. The summed E-state index contributed by atoms with van der Waals surface area (Å²) in [6.07, 6.45) is 3.28. The standard InChI is InChI=1S/C34H41N7O4.ClH/c1-19(2)37-32(43)28-15-13-26(20(3)38-28)23-8-4-21(5-9-23)16-30(31(36)42)41(33(44)24-10-6-22(18-35)7-11-24)25-12-14-27-29(17-25)40-34(45)39-27;/h4-5,8-9,12-15,17,19,22,24,30H,6-7,10-11,16,18,35H2,1-3H3,(H2,36,42)(H,37,43)(H2,39,40,45);1H/t22?,24?,30-;/m0./s1. The van der Waals surface area contributed by atoms with Crippen LogP contribution < -0.4 is 27.4 Å². The van der Waals surface area contributed by atoms with E-state index >= 15 is 0 Å². The summed E-state index contributed by atoms with van der Waals surface area (Å²) in [6, 6.07) is 15.5. The third kappa shape index (κ3) is 7.66. The number of nitrogens with one attached hydrogen (secondary N) is 3. The molecule has 1 saturated carbocycles. The molecule has 1 aliphatic rings. The van der Waals surface area contributed by atoms with Crippen molar-refractivity contribution in [1.29, 1.82) is 0 Å². The molecule has 1 aliphatic carbocycles. The van der Waals surface area contributed by atoms with Crippen molar-refractivity contribution in [2.45, 2.75) is 65.0 Å². The van der Waals surface area contributed by atoms with E-state index in [0.29, 0.717) is 53.4 Å². The lowest BCUT2D eigenvalue weighted by Gasteiger charge is -2.35. The smallest absolute Gasteiger partial charge is 0.323 e. The van der Waals surface area contributed by atoms with Crippen LogP contribution in [-0.4, -0.2) is 51.3 Å². The van der Waals surface area contributed by atoms with Crippen molar-refractivity contribution in [3.8, 4) is 11.1 Å². The summed E-state index contributed by atoms with van der Waals surface area (Å²) >= 11 is 0. The number of imidazole rings is 1. The topological polar surface area (TPSA) is 180 Å². The average molecular weight is 648 g/mol. The number of halogens is 1. The molecule has 7 N–H and O–H groups in total. The lowest BCUT2D eigenvalue weighted by Crippen LogP contribution is -2.52. The summed E-state index contributed by atoms with van der Waals surface area (Å²) in [5.74, 6) is -0.881. The van der Waals surface area contributed by atoms with Gasteiger partial charge < -0.3 is 26.8 Å². The molecule has 2 aromatic carbocycles. The van der Waals surface area contributed by atoms with Crippen LogP contribution in [0.25, 0.3) is 22.2 Å². The summed E-state index contributed by atoms with van der Waals surface area (Å²) in [6.45, 7) is 6.25. The number of carbonyl (C=O) groups excluding carboxylic acids is 3. The minimum atomic E-state index is -0.958. The number of nitrogens with two attached hydrogens (primary N) is 2. The Balaban J connectivity index is 0.00000480. The van der Waals surface area contributed by atoms with E-state index in [9.17, 15) is 19.2 Å². The maximum absolute atomic E-state index is 14.2. The van der Waals surface area contributed by atoms with Gasteiger partial charge in [0.1, 0.15) is 11.7 Å². The van der Waals surface area contributed by atoms with Crippen LogP contribution in [0.15, 0.2) is 59.4 Å². The lowest BCUT2D eigenvalue weighted by atomic mass is 9.81. The van der Waals surface area contributed by atoms with Gasteiger partial charge in [-0.05, 0) is 94.3 Å². The molecule has 244 valence electrons. The highest BCUT2D eigenvalue weighted by Gasteiger charge is 2.36.